The van der Waals surface area contributed by atoms with Crippen molar-refractivity contribution in [2.75, 3.05) is 18.0 Å². The van der Waals surface area contributed by atoms with Gasteiger partial charge in [-0.25, -0.2) is 11.4 Å². The molecule has 1 saturated carbocycles. The molecular formula is C22H21N3O3. The summed E-state index contributed by atoms with van der Waals surface area (Å²) in [5.41, 5.74) is 3.31. The molecule has 1 aliphatic heterocycles. The number of hydrogen-bond acceptors (Lipinski definition) is 3. The largest absolute Gasteiger partial charge is 0.442 e. The number of cyclic esters (lactones) is 1. The van der Waals surface area contributed by atoms with Crippen LogP contribution < -0.4 is 10.2 Å². The summed E-state index contributed by atoms with van der Waals surface area (Å²) >= 11 is 0. The molecule has 28 heavy (non-hydrogen) atoms. The van der Waals surface area contributed by atoms with Crippen LogP contribution in [0, 0.1) is 6.57 Å². The van der Waals surface area contributed by atoms with Gasteiger partial charge in [0, 0.05) is 31.0 Å². The Labute approximate surface area is 163 Å². The van der Waals surface area contributed by atoms with E-state index < -0.39 is 11.6 Å². The van der Waals surface area contributed by atoms with Crippen molar-refractivity contribution in [2.45, 2.75) is 31.4 Å². The third-order valence-corrected chi connectivity index (χ3v) is 5.29. The van der Waals surface area contributed by atoms with Crippen molar-refractivity contribution in [1.82, 2.24) is 5.32 Å². The van der Waals surface area contributed by atoms with Gasteiger partial charge < -0.3 is 14.9 Å². The summed E-state index contributed by atoms with van der Waals surface area (Å²) in [6.07, 6.45) is 0.920. The van der Waals surface area contributed by atoms with E-state index >= 15 is 0 Å². The monoisotopic (exact) mass is 375 g/mol. The Hall–Kier alpha value is -3.33. The molecule has 1 aliphatic carbocycles. The normalized spacial score (nSPS) is 19.6. The van der Waals surface area contributed by atoms with E-state index in [0.29, 0.717) is 13.1 Å². The summed E-state index contributed by atoms with van der Waals surface area (Å²) < 4.78 is 5.38. The van der Waals surface area contributed by atoms with E-state index in [0.717, 1.165) is 35.2 Å². The Kier molecular flexibility index (Phi) is 4.52. The lowest BCUT2D eigenvalue weighted by atomic mass is 9.93. The number of carbonyl (C=O) groups is 2. The van der Waals surface area contributed by atoms with E-state index in [1.54, 1.807) is 4.90 Å². The maximum absolute atomic E-state index is 12.4. The first kappa shape index (κ1) is 18.1. The van der Waals surface area contributed by atoms with Gasteiger partial charge in [0.05, 0.1) is 13.1 Å². The average Bonchev–Trinajstić information content (AvgIpc) is 3.42. The average molecular weight is 375 g/mol. The molecule has 2 fully saturated rings. The highest BCUT2D eigenvalue weighted by Crippen LogP contribution is 2.53. The molecule has 1 unspecified atom stereocenters. The van der Waals surface area contributed by atoms with Crippen molar-refractivity contribution in [3.05, 3.63) is 65.5 Å². The van der Waals surface area contributed by atoms with E-state index in [9.17, 15) is 9.59 Å². The van der Waals surface area contributed by atoms with E-state index in [-0.39, 0.29) is 12.0 Å². The molecule has 6 nitrogen and oxygen atoms in total. The minimum Gasteiger partial charge on any atom is -0.442 e. The first-order chi connectivity index (χ1) is 13.5. The van der Waals surface area contributed by atoms with Crippen LogP contribution in [0.5, 0.6) is 0 Å². The molecular weight excluding hydrogens is 354 g/mol. The van der Waals surface area contributed by atoms with Crippen molar-refractivity contribution in [1.29, 1.82) is 0 Å². The molecule has 1 N–H and O–H groups in total. The van der Waals surface area contributed by atoms with Crippen molar-refractivity contribution in [2.24, 2.45) is 0 Å². The Morgan fingerprint density at radius 3 is 2.68 bits per heavy atom. The maximum atomic E-state index is 12.4. The number of benzene rings is 2. The summed E-state index contributed by atoms with van der Waals surface area (Å²) in [4.78, 5) is 29.0. The first-order valence-corrected chi connectivity index (χ1v) is 9.33. The zero-order valence-electron chi connectivity index (χ0n) is 15.6. The number of nitrogens with zero attached hydrogens (tertiary/aromatic N) is 2. The Morgan fingerprint density at radius 2 is 2.04 bits per heavy atom. The number of ether oxygens (including phenoxy) is 1. The van der Waals surface area contributed by atoms with Crippen molar-refractivity contribution < 1.29 is 14.3 Å². The summed E-state index contributed by atoms with van der Waals surface area (Å²) in [5.74, 6) is -0.154. The molecule has 0 radical (unpaired) electrons. The van der Waals surface area contributed by atoms with Crippen LogP contribution in [0.1, 0.15) is 25.3 Å². The quantitative estimate of drug-likeness (QED) is 0.810. The maximum Gasteiger partial charge on any atom is 0.414 e. The zero-order valence-corrected chi connectivity index (χ0v) is 15.6. The Morgan fingerprint density at radius 1 is 1.29 bits per heavy atom. The van der Waals surface area contributed by atoms with E-state index in [2.05, 4.69) is 10.2 Å². The molecule has 1 atom stereocenters. The van der Waals surface area contributed by atoms with Crippen LogP contribution in [0.15, 0.2) is 48.5 Å². The van der Waals surface area contributed by atoms with Crippen LogP contribution in [0.4, 0.5) is 10.5 Å². The number of amides is 2. The van der Waals surface area contributed by atoms with Gasteiger partial charge in [-0.2, -0.15) is 0 Å². The van der Waals surface area contributed by atoms with Crippen LogP contribution in [0.3, 0.4) is 0 Å². The SMILES string of the molecule is [C-]#[N+]C1(c2ccc(N3CC(CNC(C)=O)OC3=O)cc2-c2ccccc2)CC1. The molecule has 2 aromatic rings. The van der Waals surface area contributed by atoms with Gasteiger partial charge in [0.1, 0.15) is 6.10 Å². The van der Waals surface area contributed by atoms with E-state index in [1.165, 1.54) is 6.92 Å². The molecule has 0 aromatic heterocycles. The molecule has 1 heterocycles. The van der Waals surface area contributed by atoms with Crippen LogP contribution >= 0.6 is 0 Å². The molecule has 0 bridgehead atoms. The minimum absolute atomic E-state index is 0.154. The second-order valence-electron chi connectivity index (χ2n) is 7.29. The molecule has 6 heteroatoms. The van der Waals surface area contributed by atoms with Gasteiger partial charge in [-0.3, -0.25) is 9.69 Å². The smallest absolute Gasteiger partial charge is 0.414 e. The van der Waals surface area contributed by atoms with Crippen molar-refractivity contribution >= 4 is 17.7 Å². The topological polar surface area (TPSA) is 63.0 Å². The van der Waals surface area contributed by atoms with Gasteiger partial charge >= 0.3 is 6.09 Å². The molecule has 1 saturated heterocycles. The lowest BCUT2D eigenvalue weighted by molar-refractivity contribution is -0.119. The standard InChI is InChI=1S/C22H21N3O3/c1-15(26)24-13-18-14-25(21(27)28-18)17-8-9-20(22(23-2)10-11-22)19(12-17)16-6-4-3-5-7-16/h3-9,12,18H,10-11,13-14H2,1H3,(H,24,26). The third kappa shape index (κ3) is 3.31. The van der Waals surface area contributed by atoms with E-state index in [4.69, 9.17) is 11.3 Å². The fraction of sp³-hybridized carbons (Fsp3) is 0.318. The zero-order chi connectivity index (χ0) is 19.7. The van der Waals surface area contributed by atoms with Gasteiger partial charge in [-0.05, 0) is 29.3 Å². The van der Waals surface area contributed by atoms with Gasteiger partial charge in [-0.1, -0.05) is 30.3 Å². The highest BCUT2D eigenvalue weighted by atomic mass is 16.6. The van der Waals surface area contributed by atoms with Gasteiger partial charge in [0.25, 0.3) is 5.54 Å². The lowest BCUT2D eigenvalue weighted by Gasteiger charge is -2.18. The second-order valence-corrected chi connectivity index (χ2v) is 7.29. The number of carbonyl (C=O) groups excluding carboxylic acids is 2. The highest BCUT2D eigenvalue weighted by Gasteiger charge is 2.54. The molecule has 2 aliphatic rings. The molecule has 2 aromatic carbocycles. The third-order valence-electron chi connectivity index (χ3n) is 5.29. The summed E-state index contributed by atoms with van der Waals surface area (Å²) in [7, 11) is 0. The predicted molar refractivity (Wildman–Crippen MR) is 106 cm³/mol. The number of anilines is 1. The number of rotatable bonds is 5. The molecule has 0 spiro atoms. The Balaban J connectivity index is 1.67. The Bertz CT molecular complexity index is 961. The lowest BCUT2D eigenvalue weighted by Crippen LogP contribution is -2.33. The summed E-state index contributed by atoms with van der Waals surface area (Å²) in [6, 6.07) is 15.8. The van der Waals surface area contributed by atoms with Crippen LogP contribution in [-0.4, -0.2) is 31.2 Å². The summed E-state index contributed by atoms with van der Waals surface area (Å²) in [5, 5.41) is 2.69. The number of hydrogen-bond donors (Lipinski definition) is 1. The van der Waals surface area contributed by atoms with Crippen molar-refractivity contribution in [3.63, 3.8) is 0 Å². The molecule has 4 rings (SSSR count). The van der Waals surface area contributed by atoms with E-state index in [1.807, 2.05) is 48.5 Å². The second kappa shape index (κ2) is 7.01. The van der Waals surface area contributed by atoms with Gasteiger partial charge in [0.2, 0.25) is 5.91 Å². The van der Waals surface area contributed by atoms with Crippen molar-refractivity contribution in [3.8, 4) is 11.1 Å². The fourth-order valence-corrected chi connectivity index (χ4v) is 3.62. The first-order valence-electron chi connectivity index (χ1n) is 9.33. The van der Waals surface area contributed by atoms with Crippen LogP contribution in [0.25, 0.3) is 16.0 Å². The number of nitrogens with one attached hydrogen (secondary N) is 1. The van der Waals surface area contributed by atoms with Crippen LogP contribution in [0.2, 0.25) is 0 Å². The molecule has 2 amide bonds. The predicted octanol–water partition coefficient (Wildman–Crippen LogP) is 3.72. The van der Waals surface area contributed by atoms with Crippen LogP contribution in [-0.2, 0) is 15.1 Å². The minimum atomic E-state index is -0.441. The fourth-order valence-electron chi connectivity index (χ4n) is 3.62. The highest BCUT2D eigenvalue weighted by molar-refractivity contribution is 5.91. The molecule has 142 valence electrons. The summed E-state index contributed by atoms with van der Waals surface area (Å²) in [6.45, 7) is 9.73. The van der Waals surface area contributed by atoms with Gasteiger partial charge in [-0.15, -0.1) is 0 Å². The van der Waals surface area contributed by atoms with Gasteiger partial charge in [0.15, 0.2) is 0 Å².